The lowest BCUT2D eigenvalue weighted by Crippen LogP contribution is -2.17. The monoisotopic (exact) mass is 309 g/mol. The Bertz CT molecular complexity index is 590. The molecule has 7 heteroatoms. The first-order valence-electron chi connectivity index (χ1n) is 6.92. The number of carbonyl (C=O) groups excluding carboxylic acids is 1. The van der Waals surface area contributed by atoms with E-state index in [2.05, 4.69) is 0 Å². The SMILES string of the molecule is CC(C)(C)CC(=O)OCc1cc([N+](=O)[O-])cc2c1OCOC2. The number of fused-ring (bicyclic) bond motifs is 1. The van der Waals surface area contributed by atoms with Crippen molar-refractivity contribution in [3.05, 3.63) is 33.4 Å². The minimum Gasteiger partial charge on any atom is -0.467 e. The fourth-order valence-electron chi connectivity index (χ4n) is 2.14. The molecule has 0 N–H and O–H groups in total. The third-order valence-corrected chi connectivity index (χ3v) is 3.05. The lowest BCUT2D eigenvalue weighted by molar-refractivity contribution is -0.385. The van der Waals surface area contributed by atoms with Gasteiger partial charge in [-0.2, -0.15) is 0 Å². The molecule has 0 radical (unpaired) electrons. The normalized spacial score (nSPS) is 14.0. The molecule has 1 aliphatic rings. The summed E-state index contributed by atoms with van der Waals surface area (Å²) in [4.78, 5) is 22.3. The topological polar surface area (TPSA) is 87.9 Å². The summed E-state index contributed by atoms with van der Waals surface area (Å²) in [5.41, 5.74) is 0.815. The number of hydrogen-bond acceptors (Lipinski definition) is 6. The van der Waals surface area contributed by atoms with Gasteiger partial charge in [-0.05, 0) is 5.41 Å². The Morgan fingerprint density at radius 1 is 1.41 bits per heavy atom. The van der Waals surface area contributed by atoms with E-state index in [4.69, 9.17) is 14.2 Å². The van der Waals surface area contributed by atoms with Crippen molar-refractivity contribution in [2.24, 2.45) is 5.41 Å². The Hall–Kier alpha value is -2.15. The second kappa shape index (κ2) is 6.31. The van der Waals surface area contributed by atoms with Crippen molar-refractivity contribution in [1.29, 1.82) is 0 Å². The van der Waals surface area contributed by atoms with E-state index in [9.17, 15) is 14.9 Å². The van der Waals surface area contributed by atoms with Crippen LogP contribution in [-0.4, -0.2) is 17.7 Å². The van der Waals surface area contributed by atoms with Gasteiger partial charge in [-0.3, -0.25) is 14.9 Å². The summed E-state index contributed by atoms with van der Waals surface area (Å²) in [5.74, 6) is 0.153. The molecular formula is C15H19NO6. The van der Waals surface area contributed by atoms with E-state index in [1.54, 1.807) is 0 Å². The molecule has 0 atom stereocenters. The number of non-ortho nitro benzene ring substituents is 1. The average Bonchev–Trinajstić information content (AvgIpc) is 2.42. The van der Waals surface area contributed by atoms with Crippen molar-refractivity contribution in [3.63, 3.8) is 0 Å². The number of esters is 1. The zero-order valence-electron chi connectivity index (χ0n) is 12.9. The van der Waals surface area contributed by atoms with E-state index in [0.717, 1.165) is 0 Å². The predicted molar refractivity (Wildman–Crippen MR) is 77.2 cm³/mol. The Morgan fingerprint density at radius 2 is 2.14 bits per heavy atom. The summed E-state index contributed by atoms with van der Waals surface area (Å²) >= 11 is 0. The molecule has 0 amide bonds. The maximum Gasteiger partial charge on any atom is 0.306 e. The highest BCUT2D eigenvalue weighted by Gasteiger charge is 2.23. The van der Waals surface area contributed by atoms with Crippen LogP contribution in [0.15, 0.2) is 12.1 Å². The first-order chi connectivity index (χ1) is 10.3. The average molecular weight is 309 g/mol. The van der Waals surface area contributed by atoms with Crippen LogP contribution in [0.4, 0.5) is 5.69 Å². The van der Waals surface area contributed by atoms with Gasteiger partial charge in [-0.1, -0.05) is 20.8 Å². The molecule has 1 aromatic carbocycles. The largest absolute Gasteiger partial charge is 0.467 e. The highest BCUT2D eigenvalue weighted by molar-refractivity contribution is 5.70. The fourth-order valence-corrected chi connectivity index (χ4v) is 2.14. The molecule has 2 rings (SSSR count). The molecule has 0 spiro atoms. The van der Waals surface area contributed by atoms with Gasteiger partial charge < -0.3 is 14.2 Å². The molecule has 7 nitrogen and oxygen atoms in total. The van der Waals surface area contributed by atoms with Crippen LogP contribution in [0.3, 0.4) is 0 Å². The first-order valence-corrected chi connectivity index (χ1v) is 6.92. The molecule has 120 valence electrons. The van der Waals surface area contributed by atoms with Crippen molar-refractivity contribution in [3.8, 4) is 5.75 Å². The zero-order chi connectivity index (χ0) is 16.3. The van der Waals surface area contributed by atoms with Crippen molar-refractivity contribution < 1.29 is 23.9 Å². The maximum atomic E-state index is 11.8. The molecule has 0 fully saturated rings. The number of benzene rings is 1. The molecule has 1 aromatic rings. The van der Waals surface area contributed by atoms with Crippen LogP contribution >= 0.6 is 0 Å². The van der Waals surface area contributed by atoms with E-state index in [1.807, 2.05) is 20.8 Å². The quantitative estimate of drug-likeness (QED) is 0.482. The van der Waals surface area contributed by atoms with Crippen molar-refractivity contribution in [2.75, 3.05) is 6.79 Å². The van der Waals surface area contributed by atoms with Gasteiger partial charge in [0.05, 0.1) is 18.0 Å². The van der Waals surface area contributed by atoms with Crippen LogP contribution < -0.4 is 4.74 Å². The lowest BCUT2D eigenvalue weighted by Gasteiger charge is -2.21. The summed E-state index contributed by atoms with van der Waals surface area (Å²) in [6.45, 7) is 6.06. The number of nitro benzene ring substituents is 1. The van der Waals surface area contributed by atoms with Crippen molar-refractivity contribution in [1.82, 2.24) is 0 Å². The molecule has 0 aromatic heterocycles. The van der Waals surface area contributed by atoms with Gasteiger partial charge in [0.15, 0.2) is 6.79 Å². The molecule has 0 aliphatic carbocycles. The van der Waals surface area contributed by atoms with E-state index in [-0.39, 0.29) is 43.5 Å². The number of nitrogens with zero attached hydrogens (tertiary/aromatic N) is 1. The summed E-state index contributed by atoms with van der Waals surface area (Å²) in [5, 5.41) is 11.0. The minimum absolute atomic E-state index is 0.0566. The Labute approximate surface area is 128 Å². The van der Waals surface area contributed by atoms with E-state index >= 15 is 0 Å². The van der Waals surface area contributed by atoms with Gasteiger partial charge in [-0.15, -0.1) is 0 Å². The lowest BCUT2D eigenvalue weighted by atomic mass is 9.92. The number of rotatable bonds is 4. The highest BCUT2D eigenvalue weighted by atomic mass is 16.7. The Morgan fingerprint density at radius 3 is 2.77 bits per heavy atom. The van der Waals surface area contributed by atoms with Crippen LogP contribution in [0.25, 0.3) is 0 Å². The van der Waals surface area contributed by atoms with E-state index in [1.165, 1.54) is 12.1 Å². The summed E-state index contributed by atoms with van der Waals surface area (Å²) in [6, 6.07) is 2.78. The minimum atomic E-state index is -0.491. The molecule has 0 saturated carbocycles. The molecule has 1 heterocycles. The third kappa shape index (κ3) is 4.17. The van der Waals surface area contributed by atoms with Gasteiger partial charge in [0.1, 0.15) is 12.4 Å². The standard InChI is InChI=1S/C15H19NO6/c1-15(2,3)6-13(17)21-8-11-5-12(16(18)19)4-10-7-20-9-22-14(10)11/h4-5H,6-9H2,1-3H3. The van der Waals surface area contributed by atoms with E-state index in [0.29, 0.717) is 16.9 Å². The second-order valence-electron chi connectivity index (χ2n) is 6.36. The highest BCUT2D eigenvalue weighted by Crippen LogP contribution is 2.33. The van der Waals surface area contributed by atoms with Gasteiger partial charge >= 0.3 is 5.97 Å². The van der Waals surface area contributed by atoms with Crippen LogP contribution in [0.1, 0.15) is 38.3 Å². The van der Waals surface area contributed by atoms with Gasteiger partial charge in [-0.25, -0.2) is 0 Å². The smallest absolute Gasteiger partial charge is 0.306 e. The molecule has 1 aliphatic heterocycles. The van der Waals surface area contributed by atoms with E-state index < -0.39 is 4.92 Å². The van der Waals surface area contributed by atoms with Crippen LogP contribution in [0.5, 0.6) is 5.75 Å². The molecule has 0 unspecified atom stereocenters. The second-order valence-corrected chi connectivity index (χ2v) is 6.36. The number of hydrogen-bond donors (Lipinski definition) is 0. The molecule has 0 bridgehead atoms. The number of carbonyl (C=O) groups is 1. The first kappa shape index (κ1) is 16.2. The zero-order valence-corrected chi connectivity index (χ0v) is 12.9. The molecular weight excluding hydrogens is 290 g/mol. The number of nitro groups is 1. The van der Waals surface area contributed by atoms with Gasteiger partial charge in [0.2, 0.25) is 0 Å². The third-order valence-electron chi connectivity index (χ3n) is 3.05. The Kier molecular flexibility index (Phi) is 4.65. The van der Waals surface area contributed by atoms with Crippen LogP contribution in [0, 0.1) is 15.5 Å². The molecule has 22 heavy (non-hydrogen) atoms. The van der Waals surface area contributed by atoms with Crippen LogP contribution in [-0.2, 0) is 27.5 Å². The van der Waals surface area contributed by atoms with Crippen molar-refractivity contribution >= 4 is 11.7 Å². The van der Waals surface area contributed by atoms with Crippen LogP contribution in [0.2, 0.25) is 0 Å². The summed E-state index contributed by atoms with van der Waals surface area (Å²) < 4.78 is 15.7. The predicted octanol–water partition coefficient (Wildman–Crippen LogP) is 2.94. The maximum absolute atomic E-state index is 11.8. The van der Waals surface area contributed by atoms with Gasteiger partial charge in [0, 0.05) is 23.3 Å². The van der Waals surface area contributed by atoms with Crippen molar-refractivity contribution in [2.45, 2.75) is 40.4 Å². The summed E-state index contributed by atoms with van der Waals surface area (Å²) in [6.07, 6.45) is 0.272. The number of ether oxygens (including phenoxy) is 3. The summed E-state index contributed by atoms with van der Waals surface area (Å²) in [7, 11) is 0. The Balaban J connectivity index is 2.17. The molecule has 0 saturated heterocycles. The fraction of sp³-hybridized carbons (Fsp3) is 0.533. The van der Waals surface area contributed by atoms with Gasteiger partial charge in [0.25, 0.3) is 5.69 Å².